The summed E-state index contributed by atoms with van der Waals surface area (Å²) < 4.78 is 6.28. The summed E-state index contributed by atoms with van der Waals surface area (Å²) in [5.41, 5.74) is 1.25. The fourth-order valence-electron chi connectivity index (χ4n) is 2.47. The Kier molecular flexibility index (Phi) is 4.41. The van der Waals surface area contributed by atoms with Crippen molar-refractivity contribution in [3.63, 3.8) is 0 Å². The molecule has 1 N–H and O–H groups in total. The second-order valence-corrected chi connectivity index (χ2v) is 7.47. The summed E-state index contributed by atoms with van der Waals surface area (Å²) >= 11 is 2.07. The zero-order valence-corrected chi connectivity index (χ0v) is 12.7. The Hall–Kier alpha value is -0.450. The van der Waals surface area contributed by atoms with Gasteiger partial charge in [0.25, 0.3) is 0 Å². The minimum absolute atomic E-state index is 0.369. The fourth-order valence-corrected chi connectivity index (χ4v) is 3.65. The summed E-state index contributed by atoms with van der Waals surface area (Å²) in [6.45, 7) is 10.8. The molecule has 0 saturated carbocycles. The van der Waals surface area contributed by atoms with Crippen molar-refractivity contribution in [2.75, 3.05) is 25.9 Å². The van der Waals surface area contributed by atoms with Crippen LogP contribution in [0.4, 0.5) is 0 Å². The van der Waals surface area contributed by atoms with Crippen LogP contribution in [0.5, 0.6) is 0 Å². The second-order valence-electron chi connectivity index (χ2n) is 5.67. The molecule has 0 atom stereocenters. The van der Waals surface area contributed by atoms with Crippen LogP contribution in [0.25, 0.3) is 0 Å². The molecule has 0 aliphatic carbocycles. The van der Waals surface area contributed by atoms with E-state index in [1.54, 1.807) is 0 Å². The Morgan fingerprint density at radius 3 is 2.94 bits per heavy atom. The Bertz CT molecular complexity index is 400. The molecular formula is C14H24N2OS. The summed E-state index contributed by atoms with van der Waals surface area (Å²) in [6, 6.07) is 2.18. The van der Waals surface area contributed by atoms with Gasteiger partial charge in [0.1, 0.15) is 11.5 Å². The predicted molar refractivity (Wildman–Crippen MR) is 78.0 cm³/mol. The van der Waals surface area contributed by atoms with Crippen LogP contribution in [0.15, 0.2) is 10.5 Å². The minimum atomic E-state index is 0.369. The van der Waals surface area contributed by atoms with E-state index in [1.807, 2.05) is 7.05 Å². The highest BCUT2D eigenvalue weighted by Gasteiger charge is 2.27. The minimum Gasteiger partial charge on any atom is -0.463 e. The van der Waals surface area contributed by atoms with Crippen molar-refractivity contribution in [1.82, 2.24) is 10.2 Å². The van der Waals surface area contributed by atoms with Gasteiger partial charge in [0, 0.05) is 23.6 Å². The Morgan fingerprint density at radius 2 is 2.28 bits per heavy atom. The SMILES string of the molecule is CNCc1oc(CN2CCSC(C)(C)C2)cc1C. The van der Waals surface area contributed by atoms with Gasteiger partial charge in [-0.2, -0.15) is 11.8 Å². The molecule has 0 amide bonds. The standard InChI is InChI=1S/C14H24N2OS/c1-11-7-12(17-13(11)8-15-4)9-16-5-6-18-14(2,3)10-16/h7,15H,5-6,8-10H2,1-4H3. The highest BCUT2D eigenvalue weighted by atomic mass is 32.2. The van der Waals surface area contributed by atoms with Gasteiger partial charge in [0.2, 0.25) is 0 Å². The van der Waals surface area contributed by atoms with E-state index in [0.717, 1.165) is 37.7 Å². The van der Waals surface area contributed by atoms with Crippen molar-refractivity contribution in [3.05, 3.63) is 23.2 Å². The topological polar surface area (TPSA) is 28.4 Å². The highest BCUT2D eigenvalue weighted by molar-refractivity contribution is 8.00. The van der Waals surface area contributed by atoms with Crippen LogP contribution in [-0.4, -0.2) is 35.5 Å². The molecule has 1 fully saturated rings. The van der Waals surface area contributed by atoms with E-state index >= 15 is 0 Å². The van der Waals surface area contributed by atoms with Crippen molar-refractivity contribution >= 4 is 11.8 Å². The predicted octanol–water partition coefficient (Wildman–Crippen LogP) is 2.63. The smallest absolute Gasteiger partial charge is 0.120 e. The molecule has 1 aromatic heterocycles. The van der Waals surface area contributed by atoms with Crippen molar-refractivity contribution in [2.24, 2.45) is 0 Å². The van der Waals surface area contributed by atoms with Crippen LogP contribution in [0.1, 0.15) is 30.9 Å². The maximum Gasteiger partial charge on any atom is 0.120 e. The zero-order chi connectivity index (χ0) is 13.2. The largest absolute Gasteiger partial charge is 0.463 e. The number of thioether (sulfide) groups is 1. The number of rotatable bonds is 4. The number of nitrogens with one attached hydrogen (secondary N) is 1. The number of aryl methyl sites for hydroxylation is 1. The number of hydrogen-bond donors (Lipinski definition) is 1. The molecule has 0 aromatic carbocycles. The van der Waals surface area contributed by atoms with Gasteiger partial charge >= 0.3 is 0 Å². The van der Waals surface area contributed by atoms with Crippen LogP contribution >= 0.6 is 11.8 Å². The molecule has 0 radical (unpaired) electrons. The van der Waals surface area contributed by atoms with E-state index in [2.05, 4.69) is 48.8 Å². The highest BCUT2D eigenvalue weighted by Crippen LogP contribution is 2.30. The molecule has 18 heavy (non-hydrogen) atoms. The van der Waals surface area contributed by atoms with Gasteiger partial charge in [-0.3, -0.25) is 4.90 Å². The average molecular weight is 268 g/mol. The van der Waals surface area contributed by atoms with Gasteiger partial charge in [0.15, 0.2) is 0 Å². The van der Waals surface area contributed by atoms with E-state index in [9.17, 15) is 0 Å². The van der Waals surface area contributed by atoms with E-state index in [-0.39, 0.29) is 0 Å². The van der Waals surface area contributed by atoms with E-state index in [0.29, 0.717) is 4.75 Å². The van der Waals surface area contributed by atoms with Crippen molar-refractivity contribution < 1.29 is 4.42 Å². The molecule has 1 aliphatic heterocycles. The van der Waals surface area contributed by atoms with Gasteiger partial charge in [0.05, 0.1) is 13.1 Å². The fraction of sp³-hybridized carbons (Fsp3) is 0.714. The lowest BCUT2D eigenvalue weighted by molar-refractivity contribution is 0.230. The number of nitrogens with zero attached hydrogens (tertiary/aromatic N) is 1. The first-order valence-electron chi connectivity index (χ1n) is 6.59. The number of furan rings is 1. The van der Waals surface area contributed by atoms with Crippen molar-refractivity contribution in [2.45, 2.75) is 38.6 Å². The van der Waals surface area contributed by atoms with Gasteiger partial charge < -0.3 is 9.73 Å². The summed E-state index contributed by atoms with van der Waals surface area (Å²) in [4.78, 5) is 2.50. The van der Waals surface area contributed by atoms with Crippen LogP contribution in [0.2, 0.25) is 0 Å². The maximum absolute atomic E-state index is 5.91. The summed E-state index contributed by atoms with van der Waals surface area (Å²) in [5.74, 6) is 3.38. The molecule has 0 bridgehead atoms. The first-order valence-corrected chi connectivity index (χ1v) is 7.58. The lowest BCUT2D eigenvalue weighted by atomic mass is 10.2. The Labute approximate surface area is 114 Å². The first kappa shape index (κ1) is 14.0. The third-order valence-corrected chi connectivity index (χ3v) is 4.59. The first-order chi connectivity index (χ1) is 8.50. The normalized spacial score (nSPS) is 20.2. The molecule has 1 saturated heterocycles. The quantitative estimate of drug-likeness (QED) is 0.909. The molecule has 2 rings (SSSR count). The summed E-state index contributed by atoms with van der Waals surface area (Å²) in [5, 5.41) is 3.14. The van der Waals surface area contributed by atoms with Gasteiger partial charge in [-0.05, 0) is 39.4 Å². The third kappa shape index (κ3) is 3.53. The van der Waals surface area contributed by atoms with Crippen LogP contribution < -0.4 is 5.32 Å². The molecule has 102 valence electrons. The second kappa shape index (κ2) is 5.68. The van der Waals surface area contributed by atoms with Crippen LogP contribution in [0, 0.1) is 6.92 Å². The third-order valence-electron chi connectivity index (χ3n) is 3.29. The zero-order valence-electron chi connectivity index (χ0n) is 11.9. The number of hydrogen-bond acceptors (Lipinski definition) is 4. The lowest BCUT2D eigenvalue weighted by Gasteiger charge is -2.37. The van der Waals surface area contributed by atoms with Gasteiger partial charge in [-0.15, -0.1) is 0 Å². The monoisotopic (exact) mass is 268 g/mol. The average Bonchev–Trinajstić information content (AvgIpc) is 2.58. The molecule has 3 nitrogen and oxygen atoms in total. The Morgan fingerprint density at radius 1 is 1.50 bits per heavy atom. The van der Waals surface area contributed by atoms with Gasteiger partial charge in [-0.25, -0.2) is 0 Å². The molecule has 0 unspecified atom stereocenters. The molecule has 2 heterocycles. The van der Waals surface area contributed by atoms with Gasteiger partial charge in [-0.1, -0.05) is 0 Å². The van der Waals surface area contributed by atoms with Crippen LogP contribution in [0.3, 0.4) is 0 Å². The summed E-state index contributed by atoms with van der Waals surface area (Å²) in [7, 11) is 1.95. The van der Waals surface area contributed by atoms with E-state index in [4.69, 9.17) is 4.42 Å². The van der Waals surface area contributed by atoms with Crippen molar-refractivity contribution in [3.8, 4) is 0 Å². The van der Waals surface area contributed by atoms with Crippen LogP contribution in [-0.2, 0) is 13.1 Å². The molecule has 1 aliphatic rings. The summed E-state index contributed by atoms with van der Waals surface area (Å²) in [6.07, 6.45) is 0. The molecule has 4 heteroatoms. The lowest BCUT2D eigenvalue weighted by Crippen LogP contribution is -2.42. The molecule has 0 spiro atoms. The van der Waals surface area contributed by atoms with E-state index < -0.39 is 0 Å². The maximum atomic E-state index is 5.91. The van der Waals surface area contributed by atoms with E-state index in [1.165, 1.54) is 11.3 Å². The van der Waals surface area contributed by atoms with Crippen molar-refractivity contribution in [1.29, 1.82) is 0 Å². The Balaban J connectivity index is 1.98. The molecular weight excluding hydrogens is 244 g/mol. The molecule has 1 aromatic rings.